The van der Waals surface area contributed by atoms with Gasteiger partial charge in [0, 0.05) is 12.7 Å². The summed E-state index contributed by atoms with van der Waals surface area (Å²) in [4.78, 5) is 12.2. The lowest BCUT2D eigenvalue weighted by Crippen LogP contribution is -2.15. The Balaban J connectivity index is 1.56. The number of carbonyl (C=O) groups is 1. The predicted octanol–water partition coefficient (Wildman–Crippen LogP) is 4.05. The van der Waals surface area contributed by atoms with Crippen LogP contribution in [0.5, 0.6) is 5.75 Å². The number of nitrogens with zero attached hydrogens (tertiary/aromatic N) is 3. The zero-order valence-electron chi connectivity index (χ0n) is 16.5. The minimum absolute atomic E-state index is 0.0736. The van der Waals surface area contributed by atoms with E-state index in [2.05, 4.69) is 21.6 Å². The molecule has 2 aromatic carbocycles. The van der Waals surface area contributed by atoms with Gasteiger partial charge in [-0.25, -0.2) is 0 Å². The van der Waals surface area contributed by atoms with Gasteiger partial charge < -0.3 is 14.6 Å². The number of ether oxygens (including phenoxy) is 1. The molecule has 0 aliphatic heterocycles. The summed E-state index contributed by atoms with van der Waals surface area (Å²) in [7, 11) is 1.88. The lowest BCUT2D eigenvalue weighted by Gasteiger charge is -2.10. The topological polar surface area (TPSA) is 69.0 Å². The van der Waals surface area contributed by atoms with E-state index in [1.165, 1.54) is 11.8 Å². The fourth-order valence-corrected chi connectivity index (χ4v) is 3.36. The second-order valence-electron chi connectivity index (χ2n) is 6.67. The summed E-state index contributed by atoms with van der Waals surface area (Å²) < 4.78 is 7.76. The van der Waals surface area contributed by atoms with E-state index in [9.17, 15) is 4.79 Å². The van der Waals surface area contributed by atoms with Crippen LogP contribution in [0.1, 0.15) is 22.5 Å². The smallest absolute Gasteiger partial charge is 0.234 e. The third-order valence-corrected chi connectivity index (χ3v) is 5.40. The van der Waals surface area contributed by atoms with Gasteiger partial charge in [0.2, 0.25) is 5.91 Å². The Labute approximate surface area is 169 Å². The zero-order valence-corrected chi connectivity index (χ0v) is 17.3. The molecule has 0 saturated carbocycles. The normalized spacial score (nSPS) is 10.7. The van der Waals surface area contributed by atoms with Gasteiger partial charge in [-0.05, 0) is 49.6 Å². The summed E-state index contributed by atoms with van der Waals surface area (Å²) >= 11 is 1.35. The molecule has 0 bridgehead atoms. The Morgan fingerprint density at radius 1 is 1.11 bits per heavy atom. The standard InChI is InChI=1S/C21H24N4O2S/c1-14-9-10-16(3)18(11-14)27-12-19-23-24-21(25(19)4)28-13-20(26)22-17-8-6-5-7-15(17)2/h5-11H,12-13H2,1-4H3,(H,22,26). The Hall–Kier alpha value is -2.80. The summed E-state index contributed by atoms with van der Waals surface area (Å²) in [5, 5.41) is 12.0. The van der Waals surface area contributed by atoms with Crippen molar-refractivity contribution in [1.82, 2.24) is 14.8 Å². The highest BCUT2D eigenvalue weighted by Gasteiger charge is 2.13. The molecule has 3 aromatic rings. The van der Waals surface area contributed by atoms with Crippen molar-refractivity contribution in [3.63, 3.8) is 0 Å². The van der Waals surface area contributed by atoms with E-state index < -0.39 is 0 Å². The third-order valence-electron chi connectivity index (χ3n) is 4.38. The van der Waals surface area contributed by atoms with Gasteiger partial charge >= 0.3 is 0 Å². The first-order valence-electron chi connectivity index (χ1n) is 9.00. The molecule has 1 aromatic heterocycles. The maximum absolute atomic E-state index is 12.2. The van der Waals surface area contributed by atoms with Crippen LogP contribution in [-0.2, 0) is 18.4 Å². The maximum atomic E-state index is 12.2. The van der Waals surface area contributed by atoms with Gasteiger partial charge in [-0.1, -0.05) is 42.1 Å². The molecule has 0 unspecified atom stereocenters. The fraction of sp³-hybridized carbons (Fsp3) is 0.286. The average molecular weight is 397 g/mol. The van der Waals surface area contributed by atoms with E-state index in [-0.39, 0.29) is 11.7 Å². The molecule has 28 heavy (non-hydrogen) atoms. The Morgan fingerprint density at radius 2 is 1.89 bits per heavy atom. The Bertz CT molecular complexity index is 984. The highest BCUT2D eigenvalue weighted by Crippen LogP contribution is 2.22. The van der Waals surface area contributed by atoms with Gasteiger partial charge in [0.15, 0.2) is 11.0 Å². The summed E-state index contributed by atoms with van der Waals surface area (Å²) in [6.45, 7) is 6.34. The lowest BCUT2D eigenvalue weighted by molar-refractivity contribution is -0.113. The Morgan fingerprint density at radius 3 is 2.68 bits per heavy atom. The predicted molar refractivity (Wildman–Crippen MR) is 112 cm³/mol. The molecule has 1 amide bonds. The van der Waals surface area contributed by atoms with Crippen LogP contribution >= 0.6 is 11.8 Å². The van der Waals surface area contributed by atoms with Crippen molar-refractivity contribution in [1.29, 1.82) is 0 Å². The van der Waals surface area contributed by atoms with E-state index in [4.69, 9.17) is 4.74 Å². The average Bonchev–Trinajstić information content (AvgIpc) is 3.02. The number of thioether (sulfide) groups is 1. The van der Waals surface area contributed by atoms with Crippen molar-refractivity contribution < 1.29 is 9.53 Å². The molecule has 3 rings (SSSR count). The number of anilines is 1. The minimum Gasteiger partial charge on any atom is -0.485 e. The van der Waals surface area contributed by atoms with E-state index in [1.807, 2.05) is 68.8 Å². The second kappa shape index (κ2) is 8.93. The molecule has 146 valence electrons. The number of amides is 1. The van der Waals surface area contributed by atoms with Crippen LogP contribution in [0, 0.1) is 20.8 Å². The van der Waals surface area contributed by atoms with Gasteiger partial charge in [-0.3, -0.25) is 4.79 Å². The fourth-order valence-electron chi connectivity index (χ4n) is 2.63. The van der Waals surface area contributed by atoms with Crippen LogP contribution in [-0.4, -0.2) is 26.4 Å². The van der Waals surface area contributed by atoms with Crippen LogP contribution in [0.2, 0.25) is 0 Å². The molecule has 0 aliphatic carbocycles. The van der Waals surface area contributed by atoms with Crippen molar-refractivity contribution >= 4 is 23.4 Å². The summed E-state index contributed by atoms with van der Waals surface area (Å²) in [5.41, 5.74) is 4.09. The number of carbonyl (C=O) groups excluding carboxylic acids is 1. The molecule has 1 heterocycles. The molecular formula is C21H24N4O2S. The van der Waals surface area contributed by atoms with Crippen molar-refractivity contribution in [3.8, 4) is 5.75 Å². The number of benzene rings is 2. The zero-order chi connectivity index (χ0) is 20.1. The van der Waals surface area contributed by atoms with E-state index >= 15 is 0 Å². The molecule has 0 saturated heterocycles. The summed E-state index contributed by atoms with van der Waals surface area (Å²) in [6.07, 6.45) is 0. The number of hydrogen-bond donors (Lipinski definition) is 1. The van der Waals surface area contributed by atoms with Gasteiger partial charge in [0.1, 0.15) is 12.4 Å². The van der Waals surface area contributed by atoms with Crippen molar-refractivity contribution in [2.45, 2.75) is 32.5 Å². The Kier molecular flexibility index (Phi) is 6.36. The van der Waals surface area contributed by atoms with Crippen LogP contribution in [0.15, 0.2) is 47.6 Å². The first kappa shape index (κ1) is 19.9. The monoisotopic (exact) mass is 396 g/mol. The van der Waals surface area contributed by atoms with Crippen LogP contribution < -0.4 is 10.1 Å². The van der Waals surface area contributed by atoms with Gasteiger partial charge in [0.25, 0.3) is 0 Å². The lowest BCUT2D eigenvalue weighted by atomic mass is 10.1. The molecule has 0 spiro atoms. The molecule has 0 fully saturated rings. The summed E-state index contributed by atoms with van der Waals surface area (Å²) in [6, 6.07) is 13.8. The van der Waals surface area contributed by atoms with Gasteiger partial charge in [0.05, 0.1) is 5.75 Å². The number of aryl methyl sites for hydroxylation is 3. The van der Waals surface area contributed by atoms with E-state index in [0.29, 0.717) is 17.6 Å². The van der Waals surface area contributed by atoms with Crippen molar-refractivity contribution in [3.05, 3.63) is 65.0 Å². The number of rotatable bonds is 7. The molecule has 0 atom stereocenters. The number of hydrogen-bond acceptors (Lipinski definition) is 5. The molecular weight excluding hydrogens is 372 g/mol. The highest BCUT2D eigenvalue weighted by atomic mass is 32.2. The van der Waals surface area contributed by atoms with E-state index in [1.54, 1.807) is 0 Å². The van der Waals surface area contributed by atoms with Crippen molar-refractivity contribution in [2.24, 2.45) is 7.05 Å². The molecule has 0 radical (unpaired) electrons. The van der Waals surface area contributed by atoms with Gasteiger partial charge in [-0.15, -0.1) is 10.2 Å². The van der Waals surface area contributed by atoms with Gasteiger partial charge in [-0.2, -0.15) is 0 Å². The molecule has 1 N–H and O–H groups in total. The minimum atomic E-state index is -0.0736. The number of para-hydroxylation sites is 1. The van der Waals surface area contributed by atoms with Crippen LogP contribution in [0.4, 0.5) is 5.69 Å². The molecule has 0 aliphatic rings. The summed E-state index contributed by atoms with van der Waals surface area (Å²) in [5.74, 6) is 1.74. The maximum Gasteiger partial charge on any atom is 0.234 e. The number of aromatic nitrogens is 3. The molecule has 7 heteroatoms. The SMILES string of the molecule is Cc1ccc(C)c(OCc2nnc(SCC(=O)Nc3ccccc3C)n2C)c1. The quantitative estimate of drug-likeness (QED) is 0.610. The third kappa shape index (κ3) is 4.92. The van der Waals surface area contributed by atoms with Crippen LogP contribution in [0.3, 0.4) is 0 Å². The van der Waals surface area contributed by atoms with E-state index in [0.717, 1.165) is 28.1 Å². The first-order valence-corrected chi connectivity index (χ1v) is 9.99. The highest BCUT2D eigenvalue weighted by molar-refractivity contribution is 7.99. The van der Waals surface area contributed by atoms with Crippen molar-refractivity contribution in [2.75, 3.05) is 11.1 Å². The largest absolute Gasteiger partial charge is 0.485 e. The number of nitrogens with one attached hydrogen (secondary N) is 1. The molecule has 6 nitrogen and oxygen atoms in total. The van der Waals surface area contributed by atoms with Crippen LogP contribution in [0.25, 0.3) is 0 Å². The second-order valence-corrected chi connectivity index (χ2v) is 7.61. The first-order chi connectivity index (χ1) is 13.4.